The summed E-state index contributed by atoms with van der Waals surface area (Å²) in [5, 5.41) is 0. The van der Waals surface area contributed by atoms with Crippen molar-refractivity contribution in [3.05, 3.63) is 6.20 Å². The van der Waals surface area contributed by atoms with Crippen LogP contribution in [0.2, 0.25) is 0 Å². The van der Waals surface area contributed by atoms with Gasteiger partial charge in [-0.05, 0) is 0 Å². The molecule has 0 N–H and O–H groups in total. The molecule has 0 saturated carbocycles. The van der Waals surface area contributed by atoms with Gasteiger partial charge in [-0.3, -0.25) is 0 Å². The van der Waals surface area contributed by atoms with Crippen LogP contribution in [0.4, 0.5) is 0 Å². The van der Waals surface area contributed by atoms with E-state index in [1.165, 1.54) is 29.8 Å². The molecule has 1 aromatic rings. The van der Waals surface area contributed by atoms with Crippen LogP contribution in [0.5, 0.6) is 0 Å². The van der Waals surface area contributed by atoms with Crippen molar-refractivity contribution in [2.45, 2.75) is 4.34 Å². The Morgan fingerprint density at radius 3 is 2.88 bits per heavy atom. The molecule has 0 aliphatic rings. The van der Waals surface area contributed by atoms with Gasteiger partial charge in [0.05, 0.1) is 0 Å². The van der Waals surface area contributed by atoms with Crippen LogP contribution < -0.4 is 2.89 Å². The molecule has 0 spiro atoms. The summed E-state index contributed by atoms with van der Waals surface area (Å²) in [5.74, 6) is 0. The Balaban J connectivity index is 2.84. The number of thioether (sulfide) groups is 1. The number of nitrogens with zero attached hydrogens (tertiary/aromatic N) is 1. The molecule has 1 rings (SSSR count). The van der Waals surface area contributed by atoms with E-state index in [4.69, 9.17) is 0 Å². The summed E-state index contributed by atoms with van der Waals surface area (Å²) in [7, 11) is 0. The number of hydrogen-bond donors (Lipinski definition) is 0. The fourth-order valence-corrected chi connectivity index (χ4v) is 3.46. The van der Waals surface area contributed by atoms with Gasteiger partial charge >= 0.3 is 70.3 Å². The van der Waals surface area contributed by atoms with Gasteiger partial charge in [0.2, 0.25) is 0 Å². The number of hydrogen-bond acceptors (Lipinski definition) is 3. The van der Waals surface area contributed by atoms with E-state index in [0.29, 0.717) is 0 Å². The molecular weight excluding hydrogens is 245 g/mol. The zero-order valence-electron chi connectivity index (χ0n) is 4.42. The van der Waals surface area contributed by atoms with Crippen LogP contribution in [0.25, 0.3) is 0 Å². The predicted molar refractivity (Wildman–Crippen MR) is 40.7 cm³/mol. The molecule has 0 aliphatic heterocycles. The third-order valence-electron chi connectivity index (χ3n) is 0.677. The van der Waals surface area contributed by atoms with Crippen molar-refractivity contribution >= 4 is 48.5 Å². The van der Waals surface area contributed by atoms with E-state index in [2.05, 4.69) is 11.2 Å². The van der Waals surface area contributed by atoms with Crippen molar-refractivity contribution < 1.29 is 0 Å². The van der Waals surface area contributed by atoms with Gasteiger partial charge in [-0.25, -0.2) is 0 Å². The van der Waals surface area contributed by atoms with E-state index in [0.717, 1.165) is 0 Å². The van der Waals surface area contributed by atoms with Gasteiger partial charge in [-0.2, -0.15) is 0 Å². The minimum atomic E-state index is 1.19. The van der Waals surface area contributed by atoms with Crippen LogP contribution in [-0.4, -0.2) is 33.8 Å². The summed E-state index contributed by atoms with van der Waals surface area (Å²) in [6.45, 7) is 0. The second-order valence-electron chi connectivity index (χ2n) is 1.23. The molecule has 2 radical (unpaired) electrons. The summed E-state index contributed by atoms with van der Waals surface area (Å²) in [4.78, 5) is 4.15. The Hall–Kier alpha value is 0.779. The summed E-state index contributed by atoms with van der Waals surface area (Å²) in [5.41, 5.74) is 0. The van der Waals surface area contributed by atoms with Gasteiger partial charge < -0.3 is 0 Å². The van der Waals surface area contributed by atoms with Crippen LogP contribution in [0.1, 0.15) is 0 Å². The van der Waals surface area contributed by atoms with Crippen LogP contribution in [0, 0.1) is 0 Å². The second-order valence-corrected chi connectivity index (χ2v) is 6.32. The molecular formula is C4H5NS2Sn. The molecule has 0 saturated heterocycles. The van der Waals surface area contributed by atoms with Gasteiger partial charge in [0.25, 0.3) is 0 Å². The van der Waals surface area contributed by atoms with E-state index in [1.54, 1.807) is 23.1 Å². The Labute approximate surface area is 70.0 Å². The Morgan fingerprint density at radius 1 is 1.88 bits per heavy atom. The molecule has 0 aliphatic carbocycles. The summed E-state index contributed by atoms with van der Waals surface area (Å²) in [6, 6.07) is 0. The molecule has 4 heteroatoms. The maximum atomic E-state index is 4.15. The monoisotopic (exact) mass is 251 g/mol. The molecule has 0 unspecified atom stereocenters. The van der Waals surface area contributed by atoms with E-state index < -0.39 is 0 Å². The molecule has 42 valence electrons. The fourth-order valence-electron chi connectivity index (χ4n) is 0.364. The quantitative estimate of drug-likeness (QED) is 0.528. The average Bonchev–Trinajstić information content (AvgIpc) is 2.14. The third-order valence-corrected chi connectivity index (χ3v) is 3.94. The third kappa shape index (κ3) is 1.63. The van der Waals surface area contributed by atoms with Crippen LogP contribution >= 0.6 is 23.1 Å². The van der Waals surface area contributed by atoms with Crippen molar-refractivity contribution in [1.82, 2.24) is 4.98 Å². The zero-order valence-corrected chi connectivity index (χ0v) is 9.35. The summed E-state index contributed by atoms with van der Waals surface area (Å²) in [6.07, 6.45) is 4.01. The van der Waals surface area contributed by atoms with Gasteiger partial charge in [0.15, 0.2) is 0 Å². The molecule has 1 heterocycles. The Morgan fingerprint density at radius 2 is 2.62 bits per heavy atom. The van der Waals surface area contributed by atoms with Crippen LogP contribution in [0.15, 0.2) is 10.5 Å². The van der Waals surface area contributed by atoms with E-state index >= 15 is 0 Å². The van der Waals surface area contributed by atoms with Crippen molar-refractivity contribution in [2.75, 3.05) is 6.26 Å². The van der Waals surface area contributed by atoms with Gasteiger partial charge in [0, 0.05) is 0 Å². The first-order chi connectivity index (χ1) is 3.83. The topological polar surface area (TPSA) is 12.9 Å². The van der Waals surface area contributed by atoms with Crippen molar-refractivity contribution in [3.8, 4) is 0 Å². The molecule has 0 bridgehead atoms. The summed E-state index contributed by atoms with van der Waals surface area (Å²) >= 11 is 4.72. The molecule has 0 fully saturated rings. The van der Waals surface area contributed by atoms with Gasteiger partial charge in [0.1, 0.15) is 0 Å². The van der Waals surface area contributed by atoms with Crippen LogP contribution in [-0.2, 0) is 0 Å². The molecule has 0 amide bonds. The molecule has 8 heavy (non-hydrogen) atoms. The van der Waals surface area contributed by atoms with Crippen molar-refractivity contribution in [3.63, 3.8) is 0 Å². The van der Waals surface area contributed by atoms with Gasteiger partial charge in [-0.15, -0.1) is 0 Å². The first-order valence-electron chi connectivity index (χ1n) is 2.08. The maximum absolute atomic E-state index is 4.15. The zero-order chi connectivity index (χ0) is 5.98. The number of rotatable bonds is 1. The Bertz CT molecular complexity index is 174. The van der Waals surface area contributed by atoms with Crippen molar-refractivity contribution in [1.29, 1.82) is 0 Å². The first kappa shape index (κ1) is 6.89. The summed E-state index contributed by atoms with van der Waals surface area (Å²) < 4.78 is 2.60. The predicted octanol–water partition coefficient (Wildman–Crippen LogP) is 0.391. The molecule has 1 nitrogen and oxygen atoms in total. The SMILES string of the molecule is CSc1nc[c]([SnH])s1. The minimum absolute atomic E-state index is 1.19. The second kappa shape index (κ2) is 3.08. The van der Waals surface area contributed by atoms with E-state index in [1.807, 2.05) is 6.20 Å². The molecule has 0 aromatic carbocycles. The molecule has 0 atom stereocenters. The van der Waals surface area contributed by atoms with E-state index in [-0.39, 0.29) is 0 Å². The number of thiazole rings is 1. The number of aromatic nitrogens is 1. The van der Waals surface area contributed by atoms with Gasteiger partial charge in [-0.1, -0.05) is 0 Å². The normalized spacial score (nSPS) is 9.75. The molecule has 1 aromatic heterocycles. The standard InChI is InChI=1S/C4H4NS2.Sn.H/c1-6-4-5-2-3-7-4;;/h2H,1H3;;. The average molecular weight is 250 g/mol. The fraction of sp³-hybridized carbons (Fsp3) is 0.250. The van der Waals surface area contributed by atoms with Crippen molar-refractivity contribution in [2.24, 2.45) is 0 Å². The first-order valence-corrected chi connectivity index (χ1v) is 5.77. The van der Waals surface area contributed by atoms with Crippen LogP contribution in [0.3, 0.4) is 0 Å². The van der Waals surface area contributed by atoms with E-state index in [9.17, 15) is 0 Å². The Kier molecular flexibility index (Phi) is 2.65.